The third kappa shape index (κ3) is 2.64. The number of hydrogen-bond donors (Lipinski definition) is 1. The Bertz CT molecular complexity index is 487. The monoisotopic (exact) mass is 278 g/mol. The molecule has 0 aromatic heterocycles. The third-order valence-corrected chi connectivity index (χ3v) is 5.20. The van der Waals surface area contributed by atoms with Gasteiger partial charge in [0.25, 0.3) is 0 Å². The number of amidine groups is 1. The third-order valence-electron chi connectivity index (χ3n) is 4.05. The molecule has 0 amide bonds. The average Bonchev–Trinajstić information content (AvgIpc) is 2.78. The molecule has 1 saturated carbocycles. The van der Waals surface area contributed by atoms with Crippen molar-refractivity contribution in [3.05, 3.63) is 29.6 Å². The summed E-state index contributed by atoms with van der Waals surface area (Å²) in [6, 6.07) is 5.15. The predicted molar refractivity (Wildman–Crippen MR) is 80.5 cm³/mol. The molecule has 1 aromatic carbocycles. The van der Waals surface area contributed by atoms with E-state index in [0.717, 1.165) is 16.5 Å². The molecule has 3 rings (SSSR count). The second-order valence-corrected chi connectivity index (χ2v) is 6.51. The summed E-state index contributed by atoms with van der Waals surface area (Å²) in [6.45, 7) is 1.92. The maximum atomic E-state index is 13.8. The fourth-order valence-electron chi connectivity index (χ4n) is 2.91. The van der Waals surface area contributed by atoms with Gasteiger partial charge >= 0.3 is 0 Å². The molecule has 0 radical (unpaired) electrons. The van der Waals surface area contributed by atoms with Crippen LogP contribution in [0.5, 0.6) is 0 Å². The molecule has 1 heterocycles. The van der Waals surface area contributed by atoms with E-state index in [1.165, 1.54) is 38.2 Å². The Kier molecular flexibility index (Phi) is 3.52. The highest BCUT2D eigenvalue weighted by atomic mass is 32.2. The Morgan fingerprint density at radius 2 is 2.05 bits per heavy atom. The predicted octanol–water partition coefficient (Wildman–Crippen LogP) is 4.35. The zero-order valence-electron chi connectivity index (χ0n) is 11.2. The summed E-state index contributed by atoms with van der Waals surface area (Å²) in [5.41, 5.74) is 1.62. The van der Waals surface area contributed by atoms with E-state index >= 15 is 0 Å². The standard InChI is InChI=1S/C15H19FN2S/c1-11-6-5-7-12(16)13(11)17-14-18-15(10-19-14)8-3-2-4-9-15/h5-7H,2-4,8-10H2,1H3,(H,17,18). The van der Waals surface area contributed by atoms with Crippen LogP contribution in [-0.2, 0) is 0 Å². The van der Waals surface area contributed by atoms with Crippen LogP contribution in [0.2, 0.25) is 0 Å². The van der Waals surface area contributed by atoms with Crippen molar-refractivity contribution in [2.45, 2.75) is 44.6 Å². The first-order chi connectivity index (χ1) is 9.19. The lowest BCUT2D eigenvalue weighted by Crippen LogP contribution is -2.29. The maximum Gasteiger partial charge on any atom is 0.161 e. The molecular formula is C15H19FN2S. The van der Waals surface area contributed by atoms with E-state index < -0.39 is 0 Å². The number of anilines is 1. The summed E-state index contributed by atoms with van der Waals surface area (Å²) in [5.74, 6) is 0.843. The highest BCUT2D eigenvalue weighted by Crippen LogP contribution is 2.40. The fraction of sp³-hybridized carbons (Fsp3) is 0.533. The van der Waals surface area contributed by atoms with E-state index in [1.54, 1.807) is 17.8 Å². The minimum absolute atomic E-state index is 0.129. The average molecular weight is 278 g/mol. The van der Waals surface area contributed by atoms with E-state index in [0.29, 0.717) is 5.69 Å². The molecule has 1 fully saturated rings. The summed E-state index contributed by atoms with van der Waals surface area (Å²) >= 11 is 1.73. The second-order valence-electron chi connectivity index (χ2n) is 5.55. The molecule has 0 saturated heterocycles. The van der Waals surface area contributed by atoms with Gasteiger partial charge in [-0.25, -0.2) is 4.39 Å². The summed E-state index contributed by atoms with van der Waals surface area (Å²) in [4.78, 5) is 4.86. The first-order valence-corrected chi connectivity index (χ1v) is 7.92. The van der Waals surface area contributed by atoms with Crippen molar-refractivity contribution in [2.24, 2.45) is 4.99 Å². The fourth-order valence-corrected chi connectivity index (χ4v) is 4.10. The zero-order valence-corrected chi connectivity index (χ0v) is 12.0. The summed E-state index contributed by atoms with van der Waals surface area (Å²) in [5, 5.41) is 4.07. The minimum Gasteiger partial charge on any atom is -0.332 e. The molecule has 2 nitrogen and oxygen atoms in total. The first kappa shape index (κ1) is 13.0. The zero-order chi connectivity index (χ0) is 13.3. The Balaban J connectivity index is 1.79. The molecule has 19 heavy (non-hydrogen) atoms. The Hall–Kier alpha value is -1.03. The number of aryl methyl sites for hydroxylation is 1. The van der Waals surface area contributed by atoms with E-state index in [-0.39, 0.29) is 11.4 Å². The van der Waals surface area contributed by atoms with E-state index in [1.807, 2.05) is 13.0 Å². The van der Waals surface area contributed by atoms with Gasteiger partial charge < -0.3 is 5.32 Å². The van der Waals surface area contributed by atoms with E-state index in [4.69, 9.17) is 4.99 Å². The van der Waals surface area contributed by atoms with Crippen molar-refractivity contribution in [1.29, 1.82) is 0 Å². The Morgan fingerprint density at radius 3 is 2.79 bits per heavy atom. The van der Waals surface area contributed by atoms with Gasteiger partial charge in [0.15, 0.2) is 5.17 Å². The lowest BCUT2D eigenvalue weighted by atomic mass is 9.84. The van der Waals surface area contributed by atoms with Gasteiger partial charge in [-0.05, 0) is 31.4 Å². The number of thioether (sulfide) groups is 1. The summed E-state index contributed by atoms with van der Waals surface area (Å²) < 4.78 is 13.8. The number of rotatable bonds is 1. The van der Waals surface area contributed by atoms with Crippen molar-refractivity contribution in [3.8, 4) is 0 Å². The molecule has 0 bridgehead atoms. The van der Waals surface area contributed by atoms with E-state index in [9.17, 15) is 4.39 Å². The number of halogens is 1. The van der Waals surface area contributed by atoms with E-state index in [2.05, 4.69) is 5.32 Å². The van der Waals surface area contributed by atoms with Gasteiger partial charge in [0, 0.05) is 5.75 Å². The summed E-state index contributed by atoms with van der Waals surface area (Å²) in [6.07, 6.45) is 6.24. The molecule has 1 aromatic rings. The van der Waals surface area contributed by atoms with Crippen LogP contribution >= 0.6 is 11.8 Å². The molecule has 0 atom stereocenters. The normalized spacial score (nSPS) is 21.5. The Morgan fingerprint density at radius 1 is 1.26 bits per heavy atom. The van der Waals surface area contributed by atoms with Gasteiger partial charge in [-0.15, -0.1) is 0 Å². The number of nitrogens with zero attached hydrogens (tertiary/aromatic N) is 1. The largest absolute Gasteiger partial charge is 0.332 e. The van der Waals surface area contributed by atoms with Crippen molar-refractivity contribution < 1.29 is 4.39 Å². The van der Waals surface area contributed by atoms with Crippen molar-refractivity contribution in [2.75, 3.05) is 11.1 Å². The molecule has 102 valence electrons. The minimum atomic E-state index is -0.201. The van der Waals surface area contributed by atoms with Crippen LogP contribution < -0.4 is 5.32 Å². The smallest absolute Gasteiger partial charge is 0.161 e. The van der Waals surface area contributed by atoms with Crippen LogP contribution in [0.3, 0.4) is 0 Å². The van der Waals surface area contributed by atoms with Crippen LogP contribution in [0.25, 0.3) is 0 Å². The molecule has 1 aliphatic heterocycles. The topological polar surface area (TPSA) is 24.4 Å². The summed E-state index contributed by atoms with van der Waals surface area (Å²) in [7, 11) is 0. The highest BCUT2D eigenvalue weighted by molar-refractivity contribution is 8.14. The lowest BCUT2D eigenvalue weighted by Gasteiger charge is -2.29. The molecule has 4 heteroatoms. The van der Waals surface area contributed by atoms with Crippen LogP contribution in [0, 0.1) is 12.7 Å². The number of benzene rings is 1. The van der Waals surface area contributed by atoms with Gasteiger partial charge in [-0.1, -0.05) is 43.2 Å². The maximum absolute atomic E-state index is 13.8. The molecule has 0 unspecified atom stereocenters. The van der Waals surface area contributed by atoms with Crippen LogP contribution in [0.15, 0.2) is 23.2 Å². The quantitative estimate of drug-likeness (QED) is 0.825. The number of nitrogens with one attached hydrogen (secondary N) is 1. The van der Waals surface area contributed by atoms with Gasteiger partial charge in [0.2, 0.25) is 0 Å². The van der Waals surface area contributed by atoms with Crippen LogP contribution in [-0.4, -0.2) is 16.5 Å². The van der Waals surface area contributed by atoms with Crippen molar-refractivity contribution in [1.82, 2.24) is 0 Å². The molecular weight excluding hydrogens is 259 g/mol. The number of para-hydroxylation sites is 1. The lowest BCUT2D eigenvalue weighted by molar-refractivity contribution is 0.335. The molecule has 2 aliphatic rings. The van der Waals surface area contributed by atoms with Crippen molar-refractivity contribution >= 4 is 22.6 Å². The molecule has 1 spiro atoms. The number of hydrogen-bond acceptors (Lipinski definition) is 3. The van der Waals surface area contributed by atoms with Crippen molar-refractivity contribution in [3.63, 3.8) is 0 Å². The Labute approximate surface area is 117 Å². The van der Waals surface area contributed by atoms with Crippen LogP contribution in [0.1, 0.15) is 37.7 Å². The highest BCUT2D eigenvalue weighted by Gasteiger charge is 2.36. The SMILES string of the molecule is Cc1cccc(F)c1NC1=NC2(CCCCC2)CS1. The van der Waals surface area contributed by atoms with Gasteiger partial charge in [-0.2, -0.15) is 0 Å². The van der Waals surface area contributed by atoms with Gasteiger partial charge in [0.05, 0.1) is 11.2 Å². The molecule has 1 N–H and O–H groups in total. The van der Waals surface area contributed by atoms with Gasteiger partial charge in [-0.3, -0.25) is 4.99 Å². The second kappa shape index (κ2) is 5.16. The molecule has 1 aliphatic carbocycles. The first-order valence-electron chi connectivity index (χ1n) is 6.93. The number of aliphatic imine (C=N–C) groups is 1. The van der Waals surface area contributed by atoms with Gasteiger partial charge in [0.1, 0.15) is 5.82 Å². The van der Waals surface area contributed by atoms with Crippen LogP contribution in [0.4, 0.5) is 10.1 Å².